The van der Waals surface area contributed by atoms with Gasteiger partial charge in [-0.15, -0.1) is 0 Å². The van der Waals surface area contributed by atoms with E-state index in [-0.39, 0.29) is 0 Å². The van der Waals surface area contributed by atoms with E-state index in [1.165, 1.54) is 57.8 Å². The van der Waals surface area contributed by atoms with Gasteiger partial charge in [0.1, 0.15) is 0 Å². The Kier molecular flexibility index (Phi) is 6.74. The van der Waals surface area contributed by atoms with Gasteiger partial charge in [-0.25, -0.2) is 0 Å². The number of unbranched alkanes of at least 4 members (excludes halogenated alkanes) is 2. The van der Waals surface area contributed by atoms with Crippen LogP contribution < -0.4 is 5.32 Å². The van der Waals surface area contributed by atoms with Crippen molar-refractivity contribution in [3.63, 3.8) is 0 Å². The molecule has 1 N–H and O–H groups in total. The molecule has 0 saturated carbocycles. The predicted molar refractivity (Wildman–Crippen MR) is 68.2 cm³/mol. The van der Waals surface area contributed by atoms with Crippen LogP contribution in [0.25, 0.3) is 0 Å². The molecule has 1 atom stereocenters. The Labute approximate surface area is 95.3 Å². The van der Waals surface area contributed by atoms with Gasteiger partial charge in [-0.3, -0.25) is 0 Å². The summed E-state index contributed by atoms with van der Waals surface area (Å²) in [6.07, 6.45) is 14.7. The normalized spacial score (nSPS) is 18.7. The van der Waals surface area contributed by atoms with Crippen LogP contribution in [0.5, 0.6) is 0 Å². The summed E-state index contributed by atoms with van der Waals surface area (Å²) in [6.45, 7) is 2.28. The molecule has 0 spiro atoms. The van der Waals surface area contributed by atoms with Gasteiger partial charge >= 0.3 is 0 Å². The molecule has 15 heavy (non-hydrogen) atoms. The van der Waals surface area contributed by atoms with Crippen molar-refractivity contribution in [3.05, 3.63) is 11.6 Å². The van der Waals surface area contributed by atoms with Crippen molar-refractivity contribution < 1.29 is 0 Å². The minimum Gasteiger partial charge on any atom is -0.317 e. The minimum absolute atomic E-state index is 0.723. The molecular formula is C14H27N. The van der Waals surface area contributed by atoms with Crippen LogP contribution in [0, 0.1) is 0 Å². The van der Waals surface area contributed by atoms with Gasteiger partial charge < -0.3 is 5.32 Å². The highest BCUT2D eigenvalue weighted by Crippen LogP contribution is 2.22. The monoisotopic (exact) mass is 209 g/mol. The van der Waals surface area contributed by atoms with Crippen molar-refractivity contribution in [1.29, 1.82) is 0 Å². The van der Waals surface area contributed by atoms with E-state index in [9.17, 15) is 0 Å². The summed E-state index contributed by atoms with van der Waals surface area (Å²) >= 11 is 0. The lowest BCUT2D eigenvalue weighted by atomic mass is 9.92. The lowest BCUT2D eigenvalue weighted by Gasteiger charge is -2.20. The van der Waals surface area contributed by atoms with Crippen molar-refractivity contribution in [2.45, 2.75) is 70.8 Å². The Morgan fingerprint density at radius 3 is 2.80 bits per heavy atom. The zero-order valence-corrected chi connectivity index (χ0v) is 10.5. The standard InChI is InChI=1S/C14H27N/c1-3-4-6-11-14(15-2)12-13-9-7-5-8-10-13/h9,14-15H,3-8,10-12H2,1-2H3. The van der Waals surface area contributed by atoms with E-state index >= 15 is 0 Å². The molecular weight excluding hydrogens is 182 g/mol. The van der Waals surface area contributed by atoms with Gasteiger partial charge in [0.25, 0.3) is 0 Å². The second-order valence-electron chi connectivity index (χ2n) is 4.79. The first-order chi connectivity index (χ1) is 7.36. The molecule has 0 fully saturated rings. The third-order valence-electron chi connectivity index (χ3n) is 3.46. The van der Waals surface area contributed by atoms with Crippen molar-refractivity contribution in [1.82, 2.24) is 5.32 Å². The van der Waals surface area contributed by atoms with E-state index in [1.54, 1.807) is 5.57 Å². The van der Waals surface area contributed by atoms with E-state index in [0.29, 0.717) is 0 Å². The Hall–Kier alpha value is -0.300. The summed E-state index contributed by atoms with van der Waals surface area (Å²) in [5.41, 5.74) is 1.71. The highest BCUT2D eigenvalue weighted by Gasteiger charge is 2.10. The average Bonchev–Trinajstić information content (AvgIpc) is 2.29. The van der Waals surface area contributed by atoms with Gasteiger partial charge in [-0.2, -0.15) is 0 Å². The molecule has 0 aromatic heterocycles. The van der Waals surface area contributed by atoms with Gasteiger partial charge in [0.15, 0.2) is 0 Å². The molecule has 1 rings (SSSR count). The van der Waals surface area contributed by atoms with E-state index < -0.39 is 0 Å². The first kappa shape index (κ1) is 12.8. The molecule has 88 valence electrons. The Morgan fingerprint density at radius 2 is 2.20 bits per heavy atom. The third kappa shape index (κ3) is 5.36. The molecule has 1 heteroatoms. The van der Waals surface area contributed by atoms with Crippen LogP contribution in [0.3, 0.4) is 0 Å². The van der Waals surface area contributed by atoms with Crippen LogP contribution in [-0.2, 0) is 0 Å². The molecule has 0 saturated heterocycles. The molecule has 0 aromatic rings. The Bertz CT molecular complexity index is 184. The number of rotatable bonds is 7. The predicted octanol–water partition coefficient (Wildman–Crippen LogP) is 4.05. The van der Waals surface area contributed by atoms with Gasteiger partial charge in [0.05, 0.1) is 0 Å². The number of hydrogen-bond donors (Lipinski definition) is 1. The highest BCUT2D eigenvalue weighted by atomic mass is 14.9. The smallest absolute Gasteiger partial charge is 0.0101 e. The lowest BCUT2D eigenvalue weighted by Crippen LogP contribution is -2.25. The fraction of sp³-hybridized carbons (Fsp3) is 0.857. The van der Waals surface area contributed by atoms with E-state index in [4.69, 9.17) is 0 Å². The fourth-order valence-corrected chi connectivity index (χ4v) is 2.40. The molecule has 1 aliphatic carbocycles. The van der Waals surface area contributed by atoms with Crippen molar-refractivity contribution in [2.24, 2.45) is 0 Å². The maximum absolute atomic E-state index is 3.47. The summed E-state index contributed by atoms with van der Waals surface area (Å²) in [6, 6.07) is 0.723. The van der Waals surface area contributed by atoms with E-state index in [0.717, 1.165) is 6.04 Å². The summed E-state index contributed by atoms with van der Waals surface area (Å²) in [4.78, 5) is 0. The number of hydrogen-bond acceptors (Lipinski definition) is 1. The van der Waals surface area contributed by atoms with Crippen LogP contribution in [0.1, 0.15) is 64.7 Å². The molecule has 0 aromatic carbocycles. The fourth-order valence-electron chi connectivity index (χ4n) is 2.40. The number of allylic oxidation sites excluding steroid dienone is 1. The zero-order chi connectivity index (χ0) is 10.9. The summed E-state index contributed by atoms with van der Waals surface area (Å²) in [5, 5.41) is 3.47. The summed E-state index contributed by atoms with van der Waals surface area (Å²) in [5.74, 6) is 0. The second kappa shape index (κ2) is 7.92. The SMILES string of the molecule is CCCCCC(CC1=CCCCC1)NC. The largest absolute Gasteiger partial charge is 0.317 e. The molecule has 0 amide bonds. The molecule has 1 aliphatic rings. The topological polar surface area (TPSA) is 12.0 Å². The molecule has 0 radical (unpaired) electrons. The Balaban J connectivity index is 2.22. The van der Waals surface area contributed by atoms with Crippen LogP contribution in [0.4, 0.5) is 0 Å². The van der Waals surface area contributed by atoms with Crippen molar-refractivity contribution in [3.8, 4) is 0 Å². The van der Waals surface area contributed by atoms with Gasteiger partial charge in [-0.05, 0) is 45.6 Å². The first-order valence-electron chi connectivity index (χ1n) is 6.72. The summed E-state index contributed by atoms with van der Waals surface area (Å²) in [7, 11) is 2.11. The Morgan fingerprint density at radius 1 is 1.33 bits per heavy atom. The van der Waals surface area contributed by atoms with Crippen LogP contribution in [-0.4, -0.2) is 13.1 Å². The third-order valence-corrected chi connectivity index (χ3v) is 3.46. The molecule has 0 aliphatic heterocycles. The van der Waals surface area contributed by atoms with Gasteiger partial charge in [0.2, 0.25) is 0 Å². The number of nitrogens with one attached hydrogen (secondary N) is 1. The first-order valence-corrected chi connectivity index (χ1v) is 6.72. The molecule has 0 bridgehead atoms. The van der Waals surface area contributed by atoms with Crippen molar-refractivity contribution >= 4 is 0 Å². The van der Waals surface area contributed by atoms with Crippen LogP contribution in [0.2, 0.25) is 0 Å². The van der Waals surface area contributed by atoms with Crippen LogP contribution >= 0.6 is 0 Å². The lowest BCUT2D eigenvalue weighted by molar-refractivity contribution is 0.477. The maximum atomic E-state index is 3.47. The van der Waals surface area contributed by atoms with E-state index in [2.05, 4.69) is 25.4 Å². The van der Waals surface area contributed by atoms with Gasteiger partial charge in [0, 0.05) is 6.04 Å². The quantitative estimate of drug-likeness (QED) is 0.493. The zero-order valence-electron chi connectivity index (χ0n) is 10.5. The molecule has 1 nitrogen and oxygen atoms in total. The molecule has 0 heterocycles. The maximum Gasteiger partial charge on any atom is 0.0101 e. The average molecular weight is 209 g/mol. The second-order valence-corrected chi connectivity index (χ2v) is 4.79. The van der Waals surface area contributed by atoms with Crippen molar-refractivity contribution in [2.75, 3.05) is 7.05 Å². The van der Waals surface area contributed by atoms with Gasteiger partial charge in [-0.1, -0.05) is 37.8 Å². The minimum atomic E-state index is 0.723. The molecule has 1 unspecified atom stereocenters. The highest BCUT2D eigenvalue weighted by molar-refractivity contribution is 5.06. The van der Waals surface area contributed by atoms with Crippen LogP contribution in [0.15, 0.2) is 11.6 Å². The summed E-state index contributed by atoms with van der Waals surface area (Å²) < 4.78 is 0. The van der Waals surface area contributed by atoms with E-state index in [1.807, 2.05) is 0 Å².